The molecule has 0 fully saturated rings. The zero-order chi connectivity index (χ0) is 22.5. The van der Waals surface area contributed by atoms with Crippen LogP contribution in [0, 0.1) is 0 Å². The number of likely N-dealkylation sites (N-methyl/N-ethyl adjacent to an activating group) is 1. The Labute approximate surface area is 186 Å². The van der Waals surface area contributed by atoms with E-state index < -0.39 is 0 Å². The maximum Gasteiger partial charge on any atom is 0.191 e. The minimum atomic E-state index is 0.619. The minimum absolute atomic E-state index is 0.619. The van der Waals surface area contributed by atoms with Crippen LogP contribution in [0.25, 0.3) is 0 Å². The second-order valence-electron chi connectivity index (χ2n) is 6.99. The lowest BCUT2D eigenvalue weighted by atomic mass is 10.2. The van der Waals surface area contributed by atoms with Gasteiger partial charge in [0.05, 0.1) is 14.2 Å². The zero-order valence-electron chi connectivity index (χ0n) is 19.4. The van der Waals surface area contributed by atoms with E-state index in [0.717, 1.165) is 54.0 Å². The molecule has 2 aromatic rings. The molecule has 0 saturated heterocycles. The fourth-order valence-electron chi connectivity index (χ4n) is 3.14. The molecule has 0 aliphatic rings. The monoisotopic (exact) mass is 428 g/mol. The number of nitrogens with one attached hydrogen (secondary N) is 2. The smallest absolute Gasteiger partial charge is 0.191 e. The summed E-state index contributed by atoms with van der Waals surface area (Å²) in [5, 5.41) is 6.65. The normalized spacial score (nSPS) is 11.4. The summed E-state index contributed by atoms with van der Waals surface area (Å²) < 4.78 is 16.7. The third-order valence-electron chi connectivity index (χ3n) is 5.07. The van der Waals surface area contributed by atoms with Crippen molar-refractivity contribution < 1.29 is 14.2 Å². The lowest BCUT2D eigenvalue weighted by Crippen LogP contribution is -2.36. The summed E-state index contributed by atoms with van der Waals surface area (Å²) in [6.45, 7) is 9.17. The highest BCUT2D eigenvalue weighted by Crippen LogP contribution is 2.28. The minimum Gasteiger partial charge on any atom is -0.497 e. The number of aliphatic imine (C=N–C) groups is 1. The third-order valence-corrected chi connectivity index (χ3v) is 5.07. The predicted octanol–water partition coefficient (Wildman–Crippen LogP) is 3.29. The van der Waals surface area contributed by atoms with Gasteiger partial charge in [0.15, 0.2) is 17.5 Å². The van der Waals surface area contributed by atoms with E-state index in [-0.39, 0.29) is 0 Å². The molecule has 2 rings (SSSR count). The SMILES string of the molecule is CCN(CC)CCOc1ccc(CNC(=NC)NCc2cccc(OC)c2)cc1OC. The topological polar surface area (TPSA) is 67.4 Å². The van der Waals surface area contributed by atoms with E-state index in [2.05, 4.69) is 34.4 Å². The van der Waals surface area contributed by atoms with Crippen molar-refractivity contribution in [3.8, 4) is 17.2 Å². The average molecular weight is 429 g/mol. The van der Waals surface area contributed by atoms with Crippen molar-refractivity contribution >= 4 is 5.96 Å². The first-order chi connectivity index (χ1) is 15.1. The van der Waals surface area contributed by atoms with Crippen LogP contribution in [-0.2, 0) is 13.1 Å². The largest absolute Gasteiger partial charge is 0.497 e. The molecule has 0 unspecified atom stereocenters. The van der Waals surface area contributed by atoms with Gasteiger partial charge in [0.25, 0.3) is 0 Å². The Morgan fingerprint density at radius 1 is 0.903 bits per heavy atom. The van der Waals surface area contributed by atoms with Crippen LogP contribution >= 0.6 is 0 Å². The first-order valence-electron chi connectivity index (χ1n) is 10.7. The number of methoxy groups -OCH3 is 2. The Kier molecular flexibility index (Phi) is 10.5. The summed E-state index contributed by atoms with van der Waals surface area (Å²) in [6.07, 6.45) is 0. The van der Waals surface area contributed by atoms with Crippen LogP contribution in [0.3, 0.4) is 0 Å². The number of rotatable bonds is 12. The molecule has 2 N–H and O–H groups in total. The Balaban J connectivity index is 1.88. The molecule has 31 heavy (non-hydrogen) atoms. The lowest BCUT2D eigenvalue weighted by Gasteiger charge is -2.19. The number of nitrogens with zero attached hydrogens (tertiary/aromatic N) is 2. The molecular formula is C24H36N4O3. The van der Waals surface area contributed by atoms with Crippen molar-refractivity contribution in [2.45, 2.75) is 26.9 Å². The molecule has 0 amide bonds. The molecule has 2 aromatic carbocycles. The molecular weight excluding hydrogens is 392 g/mol. The Hall–Kier alpha value is -2.93. The molecule has 7 nitrogen and oxygen atoms in total. The van der Waals surface area contributed by atoms with Gasteiger partial charge in [-0.05, 0) is 48.5 Å². The highest BCUT2D eigenvalue weighted by Gasteiger charge is 2.08. The summed E-state index contributed by atoms with van der Waals surface area (Å²) in [5.74, 6) is 3.06. The number of hydrogen-bond acceptors (Lipinski definition) is 5. The molecule has 0 bridgehead atoms. The quantitative estimate of drug-likeness (QED) is 0.399. The lowest BCUT2D eigenvalue weighted by molar-refractivity contribution is 0.217. The van der Waals surface area contributed by atoms with Crippen molar-refractivity contribution in [1.29, 1.82) is 0 Å². The summed E-state index contributed by atoms with van der Waals surface area (Å²) in [4.78, 5) is 6.62. The van der Waals surface area contributed by atoms with E-state index in [9.17, 15) is 0 Å². The van der Waals surface area contributed by atoms with Crippen molar-refractivity contribution in [2.75, 3.05) is 47.5 Å². The van der Waals surface area contributed by atoms with Crippen LogP contribution in [0.2, 0.25) is 0 Å². The molecule has 0 heterocycles. The van der Waals surface area contributed by atoms with Gasteiger partial charge in [0, 0.05) is 26.7 Å². The maximum absolute atomic E-state index is 5.94. The highest BCUT2D eigenvalue weighted by atomic mass is 16.5. The number of ether oxygens (including phenoxy) is 3. The van der Waals surface area contributed by atoms with Gasteiger partial charge in [0.2, 0.25) is 0 Å². The summed E-state index contributed by atoms with van der Waals surface area (Å²) in [5.41, 5.74) is 2.20. The van der Waals surface area contributed by atoms with Crippen LogP contribution in [0.1, 0.15) is 25.0 Å². The van der Waals surface area contributed by atoms with E-state index in [1.165, 1.54) is 0 Å². The van der Waals surface area contributed by atoms with Gasteiger partial charge in [-0.2, -0.15) is 0 Å². The molecule has 0 spiro atoms. The highest BCUT2D eigenvalue weighted by molar-refractivity contribution is 5.79. The molecule has 0 radical (unpaired) electrons. The van der Waals surface area contributed by atoms with Crippen molar-refractivity contribution in [1.82, 2.24) is 15.5 Å². The van der Waals surface area contributed by atoms with Gasteiger partial charge in [-0.3, -0.25) is 4.99 Å². The molecule has 7 heteroatoms. The van der Waals surface area contributed by atoms with E-state index >= 15 is 0 Å². The fraction of sp³-hybridized carbons (Fsp3) is 0.458. The van der Waals surface area contributed by atoms with Crippen molar-refractivity contribution in [3.05, 3.63) is 53.6 Å². The summed E-state index contributed by atoms with van der Waals surface area (Å²) in [6, 6.07) is 14.0. The molecule has 0 saturated carbocycles. The van der Waals surface area contributed by atoms with E-state index in [0.29, 0.717) is 19.7 Å². The van der Waals surface area contributed by atoms with E-state index in [1.54, 1.807) is 21.3 Å². The first kappa shape index (κ1) is 24.3. The zero-order valence-corrected chi connectivity index (χ0v) is 19.4. The molecule has 0 aliphatic heterocycles. The molecule has 0 aromatic heterocycles. The second-order valence-corrected chi connectivity index (χ2v) is 6.99. The predicted molar refractivity (Wildman–Crippen MR) is 126 cm³/mol. The fourth-order valence-corrected chi connectivity index (χ4v) is 3.14. The van der Waals surface area contributed by atoms with Gasteiger partial charge >= 0.3 is 0 Å². The second kappa shape index (κ2) is 13.4. The van der Waals surface area contributed by atoms with Crippen molar-refractivity contribution in [3.63, 3.8) is 0 Å². The van der Waals surface area contributed by atoms with Crippen LogP contribution in [0.4, 0.5) is 0 Å². The number of guanidine groups is 1. The Morgan fingerprint density at radius 2 is 1.61 bits per heavy atom. The first-order valence-corrected chi connectivity index (χ1v) is 10.7. The van der Waals surface area contributed by atoms with Crippen LogP contribution in [0.5, 0.6) is 17.2 Å². The van der Waals surface area contributed by atoms with Gasteiger partial charge in [-0.15, -0.1) is 0 Å². The van der Waals surface area contributed by atoms with E-state index in [4.69, 9.17) is 14.2 Å². The molecule has 0 atom stereocenters. The maximum atomic E-state index is 5.94. The van der Waals surface area contributed by atoms with Gasteiger partial charge in [0.1, 0.15) is 12.4 Å². The van der Waals surface area contributed by atoms with Gasteiger partial charge < -0.3 is 29.7 Å². The van der Waals surface area contributed by atoms with E-state index in [1.807, 2.05) is 42.5 Å². The van der Waals surface area contributed by atoms with Gasteiger partial charge in [-0.1, -0.05) is 32.0 Å². The standard InChI is InChI=1S/C24H36N4O3/c1-6-28(7-2)13-14-31-22-12-11-20(16-23(22)30-5)18-27-24(25-3)26-17-19-9-8-10-21(15-19)29-4/h8-12,15-16H,6-7,13-14,17-18H2,1-5H3,(H2,25,26,27). The summed E-state index contributed by atoms with van der Waals surface area (Å²) >= 11 is 0. The van der Waals surface area contributed by atoms with Gasteiger partial charge in [-0.25, -0.2) is 0 Å². The number of hydrogen-bond donors (Lipinski definition) is 2. The third kappa shape index (κ3) is 8.02. The van der Waals surface area contributed by atoms with Crippen LogP contribution in [-0.4, -0.2) is 58.4 Å². The molecule has 170 valence electrons. The molecule has 0 aliphatic carbocycles. The van der Waals surface area contributed by atoms with Crippen molar-refractivity contribution in [2.24, 2.45) is 4.99 Å². The Bertz CT molecular complexity index is 822. The number of benzene rings is 2. The average Bonchev–Trinajstić information content (AvgIpc) is 2.82. The Morgan fingerprint density at radius 3 is 2.23 bits per heavy atom. The van der Waals surface area contributed by atoms with Crippen LogP contribution in [0.15, 0.2) is 47.5 Å². The van der Waals surface area contributed by atoms with Crippen LogP contribution < -0.4 is 24.8 Å². The summed E-state index contributed by atoms with van der Waals surface area (Å²) in [7, 11) is 5.09.